The third kappa shape index (κ3) is 5.81. The molecular weight excluding hydrogens is 422 g/mol. The van der Waals surface area contributed by atoms with Gasteiger partial charge < -0.3 is 20.9 Å². The third-order valence-corrected chi connectivity index (χ3v) is 5.21. The number of carbonyl (C=O) groups is 2. The van der Waals surface area contributed by atoms with Crippen molar-refractivity contribution in [3.8, 4) is 0 Å². The van der Waals surface area contributed by atoms with Crippen molar-refractivity contribution in [2.45, 2.75) is 51.9 Å². The van der Waals surface area contributed by atoms with Crippen molar-refractivity contribution in [2.75, 3.05) is 18.1 Å². The number of benzene rings is 2. The van der Waals surface area contributed by atoms with Crippen molar-refractivity contribution in [1.82, 2.24) is 10.2 Å². The molecule has 0 fully saturated rings. The summed E-state index contributed by atoms with van der Waals surface area (Å²) in [5.41, 5.74) is 8.02. The molecule has 0 radical (unpaired) electrons. The van der Waals surface area contributed by atoms with Crippen LogP contribution in [0.1, 0.15) is 45.2 Å². The van der Waals surface area contributed by atoms with Crippen LogP contribution in [0.15, 0.2) is 47.5 Å². The summed E-state index contributed by atoms with van der Waals surface area (Å²) in [7, 11) is 1.56. The first-order chi connectivity index (χ1) is 15.4. The molecule has 9 heteroatoms. The molecule has 1 atom stereocenters. The van der Waals surface area contributed by atoms with E-state index in [1.54, 1.807) is 46.0 Å². The molecule has 1 aliphatic rings. The fraction of sp³-hybridized carbons (Fsp3) is 0.375. The number of amides is 2. The minimum Gasteiger partial charge on any atom is -0.444 e. The summed E-state index contributed by atoms with van der Waals surface area (Å²) in [4.78, 5) is 31.0. The second-order valence-electron chi connectivity index (χ2n) is 9.25. The number of rotatable bonds is 4. The van der Waals surface area contributed by atoms with Crippen LogP contribution in [0.5, 0.6) is 0 Å². The minimum absolute atomic E-state index is 0.0849. The SMILES string of the molecule is CN1C(=O)C[C@@](C)(c2cccc(Nc3ccc(CO)cc3N)c2)N=C1NC(=O)OC(C)(C)C. The number of carbonyl (C=O) groups excluding carboxylic acids is 2. The van der Waals surface area contributed by atoms with Crippen LogP contribution in [-0.2, 0) is 21.7 Å². The number of aliphatic hydroxyl groups excluding tert-OH is 1. The number of nitrogens with zero attached hydrogens (tertiary/aromatic N) is 2. The van der Waals surface area contributed by atoms with E-state index in [-0.39, 0.29) is 24.9 Å². The van der Waals surface area contributed by atoms with Gasteiger partial charge in [0, 0.05) is 12.7 Å². The predicted octanol–water partition coefficient (Wildman–Crippen LogP) is 3.46. The molecule has 3 rings (SSSR count). The standard InChI is InChI=1S/C24H31N5O4/c1-23(2,3)33-22(32)27-21-28-24(4,13-20(31)29(21)5)16-7-6-8-17(12-16)26-19-10-9-15(14-30)11-18(19)25/h6-12,26,30H,13-14,25H2,1-5H3,(H,27,28,32)/t24-/m0/s1. The zero-order valence-corrected chi connectivity index (χ0v) is 19.6. The fourth-order valence-electron chi connectivity index (χ4n) is 3.46. The number of alkyl carbamates (subject to hydrolysis) is 1. The summed E-state index contributed by atoms with van der Waals surface area (Å²) in [6, 6.07) is 12.8. The molecule has 0 saturated heterocycles. The van der Waals surface area contributed by atoms with Gasteiger partial charge in [0.15, 0.2) is 0 Å². The quantitative estimate of drug-likeness (QED) is 0.525. The first-order valence-corrected chi connectivity index (χ1v) is 10.6. The largest absolute Gasteiger partial charge is 0.444 e. The van der Waals surface area contributed by atoms with E-state index in [2.05, 4.69) is 10.6 Å². The number of hydrogen-bond acceptors (Lipinski definition) is 7. The van der Waals surface area contributed by atoms with Gasteiger partial charge >= 0.3 is 6.09 Å². The average molecular weight is 454 g/mol. The van der Waals surface area contributed by atoms with Crippen LogP contribution >= 0.6 is 0 Å². The van der Waals surface area contributed by atoms with Crippen LogP contribution in [0.3, 0.4) is 0 Å². The summed E-state index contributed by atoms with van der Waals surface area (Å²) in [6.45, 7) is 7.04. The van der Waals surface area contributed by atoms with Crippen molar-refractivity contribution in [3.05, 3.63) is 53.6 Å². The maximum atomic E-state index is 12.7. The summed E-state index contributed by atoms with van der Waals surface area (Å²) >= 11 is 0. The van der Waals surface area contributed by atoms with Crippen LogP contribution < -0.4 is 16.4 Å². The minimum atomic E-state index is -0.891. The number of aliphatic imine (C=N–C) groups is 1. The second kappa shape index (κ2) is 9.11. The Hall–Kier alpha value is -3.59. The van der Waals surface area contributed by atoms with Crippen LogP contribution in [0.25, 0.3) is 0 Å². The van der Waals surface area contributed by atoms with Crippen molar-refractivity contribution in [1.29, 1.82) is 0 Å². The van der Waals surface area contributed by atoms with Crippen LogP contribution in [0.4, 0.5) is 21.9 Å². The molecule has 2 aromatic rings. The number of hydrogen-bond donors (Lipinski definition) is 4. The van der Waals surface area contributed by atoms with E-state index >= 15 is 0 Å². The zero-order chi connectivity index (χ0) is 24.4. The molecule has 0 aliphatic carbocycles. The molecule has 0 spiro atoms. The van der Waals surface area contributed by atoms with E-state index in [4.69, 9.17) is 15.5 Å². The summed E-state index contributed by atoms with van der Waals surface area (Å²) < 4.78 is 5.30. The molecule has 0 aromatic heterocycles. The number of anilines is 3. The molecule has 0 saturated carbocycles. The average Bonchev–Trinajstić information content (AvgIpc) is 2.72. The molecule has 33 heavy (non-hydrogen) atoms. The van der Waals surface area contributed by atoms with Gasteiger partial charge in [0.1, 0.15) is 5.60 Å². The molecule has 0 unspecified atom stereocenters. The lowest BCUT2D eigenvalue weighted by atomic mass is 9.87. The highest BCUT2D eigenvalue weighted by atomic mass is 16.6. The van der Waals surface area contributed by atoms with Gasteiger partial charge in [0.25, 0.3) is 0 Å². The van der Waals surface area contributed by atoms with Gasteiger partial charge in [-0.25, -0.2) is 9.79 Å². The summed E-state index contributed by atoms with van der Waals surface area (Å²) in [5.74, 6) is -0.0500. The third-order valence-electron chi connectivity index (χ3n) is 5.21. The molecule has 176 valence electrons. The second-order valence-corrected chi connectivity index (χ2v) is 9.25. The molecule has 5 N–H and O–H groups in total. The van der Waals surface area contributed by atoms with E-state index in [9.17, 15) is 14.7 Å². The van der Waals surface area contributed by atoms with Crippen molar-refractivity contribution in [2.24, 2.45) is 4.99 Å². The Morgan fingerprint density at radius 2 is 2.00 bits per heavy atom. The monoisotopic (exact) mass is 453 g/mol. The Labute approximate surface area is 193 Å². The number of nitrogens with one attached hydrogen (secondary N) is 2. The zero-order valence-electron chi connectivity index (χ0n) is 19.6. The fourth-order valence-corrected chi connectivity index (χ4v) is 3.46. The predicted molar refractivity (Wildman–Crippen MR) is 128 cm³/mol. The highest BCUT2D eigenvalue weighted by molar-refractivity contribution is 6.05. The van der Waals surface area contributed by atoms with Crippen LogP contribution in [0.2, 0.25) is 0 Å². The van der Waals surface area contributed by atoms with E-state index in [0.29, 0.717) is 11.4 Å². The van der Waals surface area contributed by atoms with Gasteiger partial charge in [-0.15, -0.1) is 0 Å². The summed E-state index contributed by atoms with van der Waals surface area (Å²) in [5, 5.41) is 15.1. The molecule has 1 aliphatic heterocycles. The van der Waals surface area contributed by atoms with Gasteiger partial charge in [-0.1, -0.05) is 18.2 Å². The number of ether oxygens (including phenoxy) is 1. The lowest BCUT2D eigenvalue weighted by Crippen LogP contribution is -2.52. The first-order valence-electron chi connectivity index (χ1n) is 10.6. The molecular formula is C24H31N5O4. The van der Waals surface area contributed by atoms with Crippen molar-refractivity contribution >= 4 is 35.0 Å². The lowest BCUT2D eigenvalue weighted by Gasteiger charge is -2.35. The highest BCUT2D eigenvalue weighted by Crippen LogP contribution is 2.35. The highest BCUT2D eigenvalue weighted by Gasteiger charge is 2.38. The maximum absolute atomic E-state index is 12.7. The van der Waals surface area contributed by atoms with E-state index < -0.39 is 17.2 Å². The van der Waals surface area contributed by atoms with E-state index in [0.717, 1.165) is 16.8 Å². The Bertz CT molecular complexity index is 1090. The first kappa shape index (κ1) is 24.1. The van der Waals surface area contributed by atoms with Crippen LogP contribution in [0, 0.1) is 0 Å². The van der Waals surface area contributed by atoms with Crippen molar-refractivity contribution < 1.29 is 19.4 Å². The Balaban J connectivity index is 1.88. The smallest absolute Gasteiger partial charge is 0.414 e. The lowest BCUT2D eigenvalue weighted by molar-refractivity contribution is -0.128. The topological polar surface area (TPSA) is 129 Å². The Kier molecular flexibility index (Phi) is 6.64. The molecule has 2 aromatic carbocycles. The van der Waals surface area contributed by atoms with Gasteiger partial charge in [0.05, 0.1) is 29.9 Å². The van der Waals surface area contributed by atoms with Crippen molar-refractivity contribution in [3.63, 3.8) is 0 Å². The van der Waals surface area contributed by atoms with Gasteiger partial charge in [-0.2, -0.15) is 0 Å². The molecule has 9 nitrogen and oxygen atoms in total. The number of nitrogen functional groups attached to an aromatic ring is 1. The number of aliphatic hydroxyl groups is 1. The Morgan fingerprint density at radius 1 is 1.27 bits per heavy atom. The molecule has 1 heterocycles. The van der Waals surface area contributed by atoms with Gasteiger partial charge in [0.2, 0.25) is 11.9 Å². The Morgan fingerprint density at radius 3 is 2.64 bits per heavy atom. The van der Waals surface area contributed by atoms with E-state index in [1.807, 2.05) is 31.2 Å². The normalized spacial score (nSPS) is 18.5. The molecule has 0 bridgehead atoms. The van der Waals surface area contributed by atoms with Gasteiger partial charge in [-0.3, -0.25) is 15.0 Å². The summed E-state index contributed by atoms with van der Waals surface area (Å²) in [6.07, 6.45) is -0.540. The maximum Gasteiger partial charge on any atom is 0.414 e. The number of nitrogens with two attached hydrogens (primary N) is 1. The van der Waals surface area contributed by atoms with Gasteiger partial charge in [-0.05, 0) is 63.1 Å². The number of guanidine groups is 1. The van der Waals surface area contributed by atoms with E-state index in [1.165, 1.54) is 4.90 Å². The molecule has 2 amide bonds. The van der Waals surface area contributed by atoms with Crippen LogP contribution in [-0.4, -0.2) is 40.6 Å².